The highest BCUT2D eigenvalue weighted by atomic mass is 35.5. The summed E-state index contributed by atoms with van der Waals surface area (Å²) in [6, 6.07) is 6.14. The highest BCUT2D eigenvalue weighted by molar-refractivity contribution is 6.30. The van der Waals surface area contributed by atoms with Crippen LogP contribution < -0.4 is 10.6 Å². The first kappa shape index (κ1) is 18.3. The maximum atomic E-state index is 12.5. The molecule has 1 aliphatic rings. The summed E-state index contributed by atoms with van der Waals surface area (Å²) in [6.45, 7) is 5.49. The average Bonchev–Trinajstić information content (AvgIpc) is 2.69. The third-order valence-corrected chi connectivity index (χ3v) is 4.21. The molecule has 7 heteroatoms. The molecule has 0 spiro atoms. The predicted molar refractivity (Wildman–Crippen MR) is 92.8 cm³/mol. The standard InChI is InChI=1S/C17H22ClN3O3/c1-11(2)7-8-17(3)15(23)21(16(24)20-17)10-14(22)19-13-6-4-5-12(18)9-13/h4-6,9,11H,7-8,10H2,1-3H3,(H,19,22)(H,20,24)/t17-/m0/s1. The first-order chi connectivity index (χ1) is 11.2. The van der Waals surface area contributed by atoms with Crippen molar-refractivity contribution < 1.29 is 14.4 Å². The third kappa shape index (κ3) is 4.26. The average molecular weight is 352 g/mol. The van der Waals surface area contributed by atoms with E-state index in [0.29, 0.717) is 23.0 Å². The van der Waals surface area contributed by atoms with Crippen LogP contribution in [0, 0.1) is 5.92 Å². The maximum Gasteiger partial charge on any atom is 0.325 e. The highest BCUT2D eigenvalue weighted by Crippen LogP contribution is 2.24. The number of amides is 4. The first-order valence-electron chi connectivity index (χ1n) is 7.91. The molecule has 0 unspecified atom stereocenters. The van der Waals surface area contributed by atoms with E-state index in [4.69, 9.17) is 11.6 Å². The lowest BCUT2D eigenvalue weighted by Gasteiger charge is -2.22. The zero-order chi connectivity index (χ0) is 17.9. The molecule has 1 atom stereocenters. The fraction of sp³-hybridized carbons (Fsp3) is 0.471. The van der Waals surface area contributed by atoms with Crippen LogP contribution in [0.15, 0.2) is 24.3 Å². The molecule has 0 bridgehead atoms. The van der Waals surface area contributed by atoms with Crippen molar-refractivity contribution in [3.63, 3.8) is 0 Å². The number of hydrogen-bond acceptors (Lipinski definition) is 3. The Hall–Kier alpha value is -2.08. The van der Waals surface area contributed by atoms with Crippen molar-refractivity contribution in [3.8, 4) is 0 Å². The monoisotopic (exact) mass is 351 g/mol. The molecular weight excluding hydrogens is 330 g/mol. The Morgan fingerprint density at radius 3 is 2.71 bits per heavy atom. The summed E-state index contributed by atoms with van der Waals surface area (Å²) in [5, 5.41) is 5.82. The van der Waals surface area contributed by atoms with Crippen LogP contribution in [-0.2, 0) is 9.59 Å². The van der Waals surface area contributed by atoms with E-state index in [-0.39, 0.29) is 12.5 Å². The number of carbonyl (C=O) groups is 3. The second-order valence-electron chi connectivity index (χ2n) is 6.64. The molecule has 1 heterocycles. The minimum atomic E-state index is -0.947. The van der Waals surface area contributed by atoms with Gasteiger partial charge in [0.2, 0.25) is 5.91 Å². The molecule has 1 aliphatic heterocycles. The summed E-state index contributed by atoms with van der Waals surface area (Å²) in [6.07, 6.45) is 1.35. The number of carbonyl (C=O) groups excluding carboxylic acids is 3. The summed E-state index contributed by atoms with van der Waals surface area (Å²) in [4.78, 5) is 37.7. The number of hydrogen-bond donors (Lipinski definition) is 2. The molecule has 1 fully saturated rings. The van der Waals surface area contributed by atoms with Crippen molar-refractivity contribution in [2.75, 3.05) is 11.9 Å². The van der Waals surface area contributed by atoms with Gasteiger partial charge < -0.3 is 10.6 Å². The lowest BCUT2D eigenvalue weighted by atomic mass is 9.92. The fourth-order valence-electron chi connectivity index (χ4n) is 2.55. The van der Waals surface area contributed by atoms with Crippen LogP contribution in [0.3, 0.4) is 0 Å². The van der Waals surface area contributed by atoms with E-state index >= 15 is 0 Å². The number of urea groups is 1. The van der Waals surface area contributed by atoms with Crippen LogP contribution in [0.25, 0.3) is 0 Å². The van der Waals surface area contributed by atoms with Crippen LogP contribution in [0.2, 0.25) is 5.02 Å². The molecule has 0 aromatic heterocycles. The molecule has 24 heavy (non-hydrogen) atoms. The van der Waals surface area contributed by atoms with E-state index in [0.717, 1.165) is 11.3 Å². The van der Waals surface area contributed by atoms with Crippen LogP contribution in [0.1, 0.15) is 33.6 Å². The van der Waals surface area contributed by atoms with Gasteiger partial charge in [0, 0.05) is 10.7 Å². The van der Waals surface area contributed by atoms with Gasteiger partial charge >= 0.3 is 6.03 Å². The lowest BCUT2D eigenvalue weighted by Crippen LogP contribution is -2.44. The van der Waals surface area contributed by atoms with Crippen molar-refractivity contribution in [1.29, 1.82) is 0 Å². The Morgan fingerprint density at radius 2 is 2.08 bits per heavy atom. The van der Waals surface area contributed by atoms with Gasteiger partial charge in [0.15, 0.2) is 0 Å². The number of imide groups is 1. The molecule has 130 valence electrons. The van der Waals surface area contributed by atoms with E-state index in [1.165, 1.54) is 0 Å². The summed E-state index contributed by atoms with van der Waals surface area (Å²) in [5.74, 6) is -0.394. The van der Waals surface area contributed by atoms with Crippen molar-refractivity contribution in [3.05, 3.63) is 29.3 Å². The number of anilines is 1. The van der Waals surface area contributed by atoms with E-state index in [2.05, 4.69) is 24.5 Å². The largest absolute Gasteiger partial charge is 0.325 e. The van der Waals surface area contributed by atoms with Gasteiger partial charge in [-0.05, 0) is 43.9 Å². The predicted octanol–water partition coefficient (Wildman–Crippen LogP) is 3.03. The zero-order valence-corrected chi connectivity index (χ0v) is 14.8. The number of rotatable bonds is 6. The summed E-state index contributed by atoms with van der Waals surface area (Å²) in [7, 11) is 0. The van der Waals surface area contributed by atoms with E-state index in [1.54, 1.807) is 31.2 Å². The van der Waals surface area contributed by atoms with E-state index in [1.807, 2.05) is 0 Å². The molecule has 0 radical (unpaired) electrons. The molecule has 6 nitrogen and oxygen atoms in total. The lowest BCUT2D eigenvalue weighted by molar-refractivity contribution is -0.133. The molecule has 4 amide bonds. The Kier molecular flexibility index (Phi) is 5.49. The quantitative estimate of drug-likeness (QED) is 0.773. The van der Waals surface area contributed by atoms with Gasteiger partial charge in [-0.1, -0.05) is 31.5 Å². The van der Waals surface area contributed by atoms with Gasteiger partial charge in [-0.25, -0.2) is 4.79 Å². The Morgan fingerprint density at radius 1 is 1.38 bits per heavy atom. The maximum absolute atomic E-state index is 12.5. The van der Waals surface area contributed by atoms with Crippen molar-refractivity contribution >= 4 is 35.1 Å². The van der Waals surface area contributed by atoms with E-state index in [9.17, 15) is 14.4 Å². The van der Waals surface area contributed by atoms with Crippen LogP contribution in [-0.4, -0.2) is 34.8 Å². The molecular formula is C17H22ClN3O3. The Bertz CT molecular complexity index is 662. The number of nitrogens with zero attached hydrogens (tertiary/aromatic N) is 1. The SMILES string of the molecule is CC(C)CC[C@]1(C)NC(=O)N(CC(=O)Nc2cccc(Cl)c2)C1=O. The Labute approximate surface area is 146 Å². The molecule has 1 aromatic rings. The smallest absolute Gasteiger partial charge is 0.324 e. The fourth-order valence-corrected chi connectivity index (χ4v) is 2.74. The van der Waals surface area contributed by atoms with E-state index < -0.39 is 17.5 Å². The molecule has 2 N–H and O–H groups in total. The second-order valence-corrected chi connectivity index (χ2v) is 7.08. The van der Waals surface area contributed by atoms with Gasteiger partial charge in [0.25, 0.3) is 5.91 Å². The normalized spacial score (nSPS) is 20.5. The van der Waals surface area contributed by atoms with Gasteiger partial charge in [-0.2, -0.15) is 0 Å². The molecule has 1 aromatic carbocycles. The first-order valence-corrected chi connectivity index (χ1v) is 8.28. The number of nitrogens with one attached hydrogen (secondary N) is 2. The highest BCUT2D eigenvalue weighted by Gasteiger charge is 2.47. The number of halogens is 1. The minimum Gasteiger partial charge on any atom is -0.324 e. The molecule has 2 rings (SSSR count). The van der Waals surface area contributed by atoms with Gasteiger partial charge in [-0.15, -0.1) is 0 Å². The van der Waals surface area contributed by atoms with Gasteiger partial charge in [-0.3, -0.25) is 14.5 Å². The van der Waals surface area contributed by atoms with Crippen LogP contribution in [0.5, 0.6) is 0 Å². The summed E-state index contributed by atoms with van der Waals surface area (Å²) >= 11 is 5.86. The third-order valence-electron chi connectivity index (χ3n) is 3.98. The van der Waals surface area contributed by atoms with Gasteiger partial charge in [0.05, 0.1) is 0 Å². The number of benzene rings is 1. The van der Waals surface area contributed by atoms with Gasteiger partial charge in [0.1, 0.15) is 12.1 Å². The second kappa shape index (κ2) is 7.21. The van der Waals surface area contributed by atoms with Crippen molar-refractivity contribution in [1.82, 2.24) is 10.2 Å². The summed E-state index contributed by atoms with van der Waals surface area (Å²) < 4.78 is 0. The molecule has 0 saturated carbocycles. The topological polar surface area (TPSA) is 78.5 Å². The van der Waals surface area contributed by atoms with Crippen molar-refractivity contribution in [2.45, 2.75) is 39.2 Å². The Balaban J connectivity index is 2.00. The summed E-state index contributed by atoms with van der Waals surface area (Å²) in [5.41, 5.74) is -0.431. The molecule has 1 saturated heterocycles. The van der Waals surface area contributed by atoms with Crippen LogP contribution in [0.4, 0.5) is 10.5 Å². The zero-order valence-electron chi connectivity index (χ0n) is 14.1. The van der Waals surface area contributed by atoms with Crippen molar-refractivity contribution in [2.24, 2.45) is 5.92 Å². The minimum absolute atomic E-state index is 0.325. The van der Waals surface area contributed by atoms with Crippen LogP contribution >= 0.6 is 11.6 Å². The molecule has 0 aliphatic carbocycles.